The second-order valence-corrected chi connectivity index (χ2v) is 6.08. The van der Waals surface area contributed by atoms with Crippen molar-refractivity contribution in [1.82, 2.24) is 14.7 Å². The Kier molecular flexibility index (Phi) is 4.09. The third-order valence-electron chi connectivity index (χ3n) is 4.69. The highest BCUT2D eigenvalue weighted by Gasteiger charge is 2.41. The Hall–Kier alpha value is -2.70. The molecule has 1 aliphatic heterocycles. The van der Waals surface area contributed by atoms with Gasteiger partial charge in [-0.05, 0) is 24.6 Å². The molecule has 24 heavy (non-hydrogen) atoms. The number of hydrogen-bond acceptors (Lipinski definition) is 3. The van der Waals surface area contributed by atoms with Gasteiger partial charge in [-0.2, -0.15) is 5.10 Å². The highest BCUT2D eigenvalue weighted by atomic mass is 19.1. The Morgan fingerprint density at radius 1 is 1.25 bits per heavy atom. The van der Waals surface area contributed by atoms with E-state index in [4.69, 9.17) is 0 Å². The van der Waals surface area contributed by atoms with E-state index in [1.165, 1.54) is 23.2 Å². The summed E-state index contributed by atoms with van der Waals surface area (Å²) in [5.74, 6) is -2.62. The molecule has 0 unspecified atom stereocenters. The molecule has 1 aromatic carbocycles. The smallest absolute Gasteiger partial charge is 0.308 e. The molecule has 0 aliphatic carbocycles. The highest BCUT2D eigenvalue weighted by Crippen LogP contribution is 2.34. The Morgan fingerprint density at radius 2 is 1.92 bits per heavy atom. The van der Waals surface area contributed by atoms with Gasteiger partial charge in [-0.15, -0.1) is 0 Å². The van der Waals surface area contributed by atoms with Crippen LogP contribution >= 0.6 is 0 Å². The van der Waals surface area contributed by atoms with Crippen LogP contribution in [0.15, 0.2) is 30.5 Å². The Bertz CT molecular complexity index is 785. The number of carboxylic acids is 1. The number of halogens is 1. The molecule has 1 amide bonds. The molecular weight excluding hydrogens is 313 g/mol. The van der Waals surface area contributed by atoms with E-state index in [1.54, 1.807) is 30.8 Å². The summed E-state index contributed by atoms with van der Waals surface area (Å²) >= 11 is 0. The molecule has 6 nitrogen and oxygen atoms in total. The van der Waals surface area contributed by atoms with Crippen LogP contribution in [-0.2, 0) is 11.8 Å². The molecule has 1 fully saturated rings. The summed E-state index contributed by atoms with van der Waals surface area (Å²) in [7, 11) is 1.75. The van der Waals surface area contributed by atoms with E-state index >= 15 is 0 Å². The summed E-state index contributed by atoms with van der Waals surface area (Å²) < 4.78 is 14.7. The number of amides is 1. The Labute approximate surface area is 138 Å². The number of likely N-dealkylation sites (tertiary alicyclic amines) is 1. The fourth-order valence-electron chi connectivity index (χ4n) is 3.15. The van der Waals surface area contributed by atoms with E-state index in [9.17, 15) is 19.1 Å². The van der Waals surface area contributed by atoms with E-state index in [0.29, 0.717) is 5.56 Å². The van der Waals surface area contributed by atoms with Crippen LogP contribution in [0, 0.1) is 18.7 Å². The van der Waals surface area contributed by atoms with Crippen molar-refractivity contribution in [3.8, 4) is 0 Å². The maximum Gasteiger partial charge on any atom is 0.308 e. The monoisotopic (exact) mass is 331 g/mol. The lowest BCUT2D eigenvalue weighted by atomic mass is 9.89. The van der Waals surface area contributed by atoms with Gasteiger partial charge in [-0.1, -0.05) is 12.1 Å². The minimum atomic E-state index is -0.956. The predicted octanol–water partition coefficient (Wildman–Crippen LogP) is 1.81. The standard InChI is InChI=1S/C17H18FN3O3/c1-10-13(7-19-20(10)2)16(22)21-8-14(15(9-21)17(23)24)11-3-5-12(18)6-4-11/h3-7,14-15H,8-9H2,1-2H3,(H,23,24)/t14-,15+/m1/s1. The average molecular weight is 331 g/mol. The minimum Gasteiger partial charge on any atom is -0.481 e. The van der Waals surface area contributed by atoms with Gasteiger partial charge in [-0.25, -0.2) is 4.39 Å². The first-order chi connectivity index (χ1) is 11.4. The van der Waals surface area contributed by atoms with Crippen molar-refractivity contribution in [2.75, 3.05) is 13.1 Å². The number of carbonyl (C=O) groups is 2. The SMILES string of the molecule is Cc1c(C(=O)N2C[C@H](C(=O)O)[C@@H](c3ccc(F)cc3)C2)cnn1C. The van der Waals surface area contributed by atoms with Crippen LogP contribution in [0.5, 0.6) is 0 Å². The van der Waals surface area contributed by atoms with Crippen LogP contribution in [-0.4, -0.2) is 44.8 Å². The van der Waals surface area contributed by atoms with Gasteiger partial charge in [0, 0.05) is 31.7 Å². The first-order valence-corrected chi connectivity index (χ1v) is 7.64. The second kappa shape index (κ2) is 6.07. The van der Waals surface area contributed by atoms with E-state index in [-0.39, 0.29) is 30.7 Å². The number of aryl methyl sites for hydroxylation is 1. The van der Waals surface area contributed by atoms with E-state index in [2.05, 4.69) is 5.10 Å². The van der Waals surface area contributed by atoms with Gasteiger partial charge >= 0.3 is 5.97 Å². The van der Waals surface area contributed by atoms with Gasteiger partial charge < -0.3 is 10.0 Å². The molecule has 7 heteroatoms. The summed E-state index contributed by atoms with van der Waals surface area (Å²) in [6.07, 6.45) is 1.50. The van der Waals surface area contributed by atoms with Crippen molar-refractivity contribution in [2.24, 2.45) is 13.0 Å². The summed E-state index contributed by atoms with van der Waals surface area (Å²) in [4.78, 5) is 25.8. The number of nitrogens with zero attached hydrogens (tertiary/aromatic N) is 3. The number of carboxylic acid groups (broad SMARTS) is 1. The molecule has 1 saturated heterocycles. The molecule has 1 aliphatic rings. The van der Waals surface area contributed by atoms with Gasteiger partial charge in [0.1, 0.15) is 5.82 Å². The number of hydrogen-bond donors (Lipinski definition) is 1. The first-order valence-electron chi connectivity index (χ1n) is 7.64. The molecule has 2 atom stereocenters. The van der Waals surface area contributed by atoms with E-state index < -0.39 is 11.9 Å². The van der Waals surface area contributed by atoms with Crippen LogP contribution in [0.25, 0.3) is 0 Å². The topological polar surface area (TPSA) is 75.4 Å². The van der Waals surface area contributed by atoms with E-state index in [1.807, 2.05) is 0 Å². The summed E-state index contributed by atoms with van der Waals surface area (Å²) in [5, 5.41) is 13.6. The summed E-state index contributed by atoms with van der Waals surface area (Å²) in [5.41, 5.74) is 1.93. The molecule has 0 bridgehead atoms. The third kappa shape index (κ3) is 2.77. The molecule has 1 N–H and O–H groups in total. The number of carbonyl (C=O) groups excluding carboxylic acids is 1. The van der Waals surface area contributed by atoms with Crippen LogP contribution < -0.4 is 0 Å². The Morgan fingerprint density at radius 3 is 2.46 bits per heavy atom. The molecule has 126 valence electrons. The van der Waals surface area contributed by atoms with Gasteiger partial charge in [0.15, 0.2) is 0 Å². The molecule has 3 rings (SSSR count). The maximum atomic E-state index is 13.1. The zero-order valence-corrected chi connectivity index (χ0v) is 13.4. The van der Waals surface area contributed by atoms with Crippen molar-refractivity contribution in [2.45, 2.75) is 12.8 Å². The fourth-order valence-corrected chi connectivity index (χ4v) is 3.15. The number of aromatic nitrogens is 2. The molecular formula is C17H18FN3O3. The number of benzene rings is 1. The lowest BCUT2D eigenvalue weighted by molar-refractivity contribution is -0.141. The van der Waals surface area contributed by atoms with Crippen LogP contribution in [0.2, 0.25) is 0 Å². The second-order valence-electron chi connectivity index (χ2n) is 6.08. The van der Waals surface area contributed by atoms with Gasteiger partial charge in [0.2, 0.25) is 0 Å². The van der Waals surface area contributed by atoms with Gasteiger partial charge in [-0.3, -0.25) is 14.3 Å². The molecule has 1 aromatic heterocycles. The van der Waals surface area contributed by atoms with Crippen molar-refractivity contribution >= 4 is 11.9 Å². The van der Waals surface area contributed by atoms with Gasteiger partial charge in [0.25, 0.3) is 5.91 Å². The van der Waals surface area contributed by atoms with Crippen molar-refractivity contribution in [1.29, 1.82) is 0 Å². The summed E-state index contributed by atoms with van der Waals surface area (Å²) in [6.45, 7) is 2.21. The zero-order chi connectivity index (χ0) is 17.4. The molecule has 0 radical (unpaired) electrons. The maximum absolute atomic E-state index is 13.1. The molecule has 2 aromatic rings. The highest BCUT2D eigenvalue weighted by molar-refractivity contribution is 5.95. The van der Waals surface area contributed by atoms with Crippen LogP contribution in [0.3, 0.4) is 0 Å². The fraction of sp³-hybridized carbons (Fsp3) is 0.353. The van der Waals surface area contributed by atoms with Gasteiger partial charge in [0.05, 0.1) is 17.7 Å². The molecule has 2 heterocycles. The Balaban J connectivity index is 1.87. The van der Waals surface area contributed by atoms with Crippen molar-refractivity contribution in [3.63, 3.8) is 0 Å². The average Bonchev–Trinajstić information content (AvgIpc) is 3.13. The lowest BCUT2D eigenvalue weighted by Gasteiger charge is -2.16. The zero-order valence-electron chi connectivity index (χ0n) is 13.4. The predicted molar refractivity (Wildman–Crippen MR) is 84.1 cm³/mol. The van der Waals surface area contributed by atoms with Crippen molar-refractivity contribution < 1.29 is 19.1 Å². The number of aliphatic carboxylic acids is 1. The molecule has 0 spiro atoms. The quantitative estimate of drug-likeness (QED) is 0.931. The van der Waals surface area contributed by atoms with Crippen LogP contribution in [0.4, 0.5) is 4.39 Å². The molecule has 0 saturated carbocycles. The number of rotatable bonds is 3. The van der Waals surface area contributed by atoms with E-state index in [0.717, 1.165) is 11.3 Å². The minimum absolute atomic E-state index is 0.130. The summed E-state index contributed by atoms with van der Waals surface area (Å²) in [6, 6.07) is 5.78. The lowest BCUT2D eigenvalue weighted by Crippen LogP contribution is -2.30. The van der Waals surface area contributed by atoms with Crippen molar-refractivity contribution in [3.05, 3.63) is 53.1 Å². The normalized spacial score (nSPS) is 20.4. The van der Waals surface area contributed by atoms with Crippen LogP contribution in [0.1, 0.15) is 27.5 Å². The first kappa shape index (κ1) is 16.2. The third-order valence-corrected chi connectivity index (χ3v) is 4.69. The largest absolute Gasteiger partial charge is 0.481 e.